The molecule has 2 aromatic heterocycles. The summed E-state index contributed by atoms with van der Waals surface area (Å²) in [7, 11) is 2.99. The van der Waals surface area contributed by atoms with Crippen molar-refractivity contribution in [3.05, 3.63) is 65.3 Å². The lowest BCUT2D eigenvalue weighted by molar-refractivity contribution is -0.120. The van der Waals surface area contributed by atoms with Crippen LogP contribution in [-0.4, -0.2) is 63.8 Å². The van der Waals surface area contributed by atoms with Gasteiger partial charge in [0.15, 0.2) is 0 Å². The Morgan fingerprint density at radius 2 is 1.97 bits per heavy atom. The van der Waals surface area contributed by atoms with Gasteiger partial charge < -0.3 is 19.7 Å². The van der Waals surface area contributed by atoms with Crippen molar-refractivity contribution in [2.45, 2.75) is 12.5 Å². The van der Waals surface area contributed by atoms with Crippen LogP contribution in [-0.2, 0) is 11.2 Å². The third kappa shape index (κ3) is 4.48. The van der Waals surface area contributed by atoms with Crippen molar-refractivity contribution in [2.75, 3.05) is 25.7 Å². The van der Waals surface area contributed by atoms with Crippen molar-refractivity contribution in [1.82, 2.24) is 30.5 Å². The number of carbonyl (C=O) groups excluding carboxylic acids is 2. The Bertz CT molecular complexity index is 1520. The van der Waals surface area contributed by atoms with Crippen LogP contribution in [0.5, 0.6) is 11.6 Å². The van der Waals surface area contributed by atoms with E-state index in [9.17, 15) is 22.8 Å². The van der Waals surface area contributed by atoms with Gasteiger partial charge in [-0.2, -0.15) is 0 Å². The van der Waals surface area contributed by atoms with Crippen molar-refractivity contribution in [3.8, 4) is 11.6 Å². The number of nitrogens with zero attached hydrogens (tertiary/aromatic N) is 5. The van der Waals surface area contributed by atoms with Crippen molar-refractivity contribution >= 4 is 28.4 Å². The molecule has 5 rings (SSSR count). The molecule has 1 aliphatic rings. The third-order valence-corrected chi connectivity index (χ3v) is 5.76. The Morgan fingerprint density at radius 1 is 1.22 bits per heavy atom. The molecule has 14 heteroatoms. The van der Waals surface area contributed by atoms with Gasteiger partial charge in [0, 0.05) is 37.2 Å². The second kappa shape index (κ2) is 9.37. The number of aromatic nitrogens is 5. The van der Waals surface area contributed by atoms with Gasteiger partial charge in [-0.3, -0.25) is 14.7 Å². The van der Waals surface area contributed by atoms with Crippen molar-refractivity contribution < 1.29 is 32.2 Å². The van der Waals surface area contributed by atoms with E-state index < -0.39 is 47.3 Å². The van der Waals surface area contributed by atoms with Crippen LogP contribution in [0, 0.1) is 17.5 Å². The minimum Gasteiger partial charge on any atom is -0.489 e. The average Bonchev–Trinajstić information content (AvgIpc) is 3.31. The van der Waals surface area contributed by atoms with Crippen molar-refractivity contribution in [1.29, 1.82) is 0 Å². The highest BCUT2D eigenvalue weighted by atomic mass is 19.1. The summed E-state index contributed by atoms with van der Waals surface area (Å²) >= 11 is 0. The Balaban J connectivity index is 1.33. The first-order chi connectivity index (χ1) is 17.7. The van der Waals surface area contributed by atoms with E-state index in [2.05, 4.69) is 30.5 Å². The lowest BCUT2D eigenvalue weighted by Crippen LogP contribution is -2.49. The van der Waals surface area contributed by atoms with E-state index in [1.165, 1.54) is 25.4 Å². The highest BCUT2D eigenvalue weighted by Gasteiger charge is 2.32. The molecule has 11 nitrogen and oxygen atoms in total. The predicted molar refractivity (Wildman–Crippen MR) is 122 cm³/mol. The van der Waals surface area contributed by atoms with Gasteiger partial charge >= 0.3 is 0 Å². The first kappa shape index (κ1) is 24.0. The second-order valence-corrected chi connectivity index (χ2v) is 8.08. The Hall–Kier alpha value is -4.75. The summed E-state index contributed by atoms with van der Waals surface area (Å²) in [4.78, 5) is 39.4. The molecule has 3 heterocycles. The van der Waals surface area contributed by atoms with E-state index in [1.807, 2.05) is 0 Å². The minimum absolute atomic E-state index is 0.0377. The Kier molecular flexibility index (Phi) is 6.07. The van der Waals surface area contributed by atoms with Crippen LogP contribution in [0.4, 0.5) is 18.9 Å². The zero-order valence-corrected chi connectivity index (χ0v) is 19.4. The van der Waals surface area contributed by atoms with Gasteiger partial charge in [-0.1, -0.05) is 0 Å². The number of anilines is 1. The van der Waals surface area contributed by atoms with E-state index in [0.29, 0.717) is 40.4 Å². The van der Waals surface area contributed by atoms with E-state index in [4.69, 9.17) is 9.47 Å². The SMILES string of the molecule is COc1ncnc2cc3c(cc12)N(C)C(=O)[C@@H](NC(=O)c1n[nH]c(Cc2c(F)cc(F)cc2F)n1)CO3. The molecule has 0 spiro atoms. The number of carbonyl (C=O) groups is 2. The number of nitrogens with one attached hydrogen (secondary N) is 2. The number of methoxy groups -OCH3 is 1. The zero-order chi connectivity index (χ0) is 26.3. The molecule has 2 amide bonds. The molecule has 0 saturated heterocycles. The molecular formula is C23H18F3N7O4. The minimum atomic E-state index is -1.10. The summed E-state index contributed by atoms with van der Waals surface area (Å²) in [5, 5.41) is 9.25. The molecule has 0 unspecified atom stereocenters. The van der Waals surface area contributed by atoms with Crippen molar-refractivity contribution in [3.63, 3.8) is 0 Å². The molecule has 1 atom stereocenters. The number of H-pyrrole nitrogens is 1. The summed E-state index contributed by atoms with van der Waals surface area (Å²) < 4.78 is 52.1. The van der Waals surface area contributed by atoms with Crippen LogP contribution in [0.25, 0.3) is 10.9 Å². The molecule has 37 heavy (non-hydrogen) atoms. The first-order valence-corrected chi connectivity index (χ1v) is 10.8. The number of ether oxygens (including phenoxy) is 2. The van der Waals surface area contributed by atoms with Gasteiger partial charge in [0.2, 0.25) is 11.7 Å². The number of amides is 2. The number of benzene rings is 2. The monoisotopic (exact) mass is 513 g/mol. The van der Waals surface area contributed by atoms with Crippen LogP contribution in [0.3, 0.4) is 0 Å². The average molecular weight is 513 g/mol. The fourth-order valence-electron chi connectivity index (χ4n) is 3.90. The standard InChI is InChI=1S/C23H18F3N7O4/c1-33-17-5-12-15(27-9-28-22(12)36-2)7-18(17)37-8-16(23(33)35)29-21(34)20-30-19(31-32-20)6-11-13(25)3-10(24)4-14(11)26/h3-5,7,9,16H,6,8H2,1-2H3,(H,29,34)(H,30,31,32)/t16-/m0/s1. The molecule has 1 aliphatic heterocycles. The zero-order valence-electron chi connectivity index (χ0n) is 19.4. The maximum atomic E-state index is 13.9. The summed E-state index contributed by atoms with van der Waals surface area (Å²) in [6, 6.07) is 3.27. The van der Waals surface area contributed by atoms with Gasteiger partial charge in [-0.15, -0.1) is 5.10 Å². The van der Waals surface area contributed by atoms with E-state index in [0.717, 1.165) is 0 Å². The number of hydrogen-bond donors (Lipinski definition) is 2. The number of likely N-dealkylation sites (N-methyl/N-ethyl adjacent to an activating group) is 1. The van der Waals surface area contributed by atoms with E-state index in [1.54, 1.807) is 12.1 Å². The largest absolute Gasteiger partial charge is 0.489 e. The highest BCUT2D eigenvalue weighted by Crippen LogP contribution is 2.36. The number of fused-ring (bicyclic) bond motifs is 2. The van der Waals surface area contributed by atoms with Crippen LogP contribution >= 0.6 is 0 Å². The van der Waals surface area contributed by atoms with Gasteiger partial charge in [-0.05, 0) is 6.07 Å². The first-order valence-electron chi connectivity index (χ1n) is 10.8. The molecule has 0 saturated carbocycles. The summed E-state index contributed by atoms with van der Waals surface area (Å²) in [6.07, 6.45) is 0.938. The van der Waals surface area contributed by atoms with Crippen LogP contribution in [0.1, 0.15) is 22.0 Å². The van der Waals surface area contributed by atoms with Gasteiger partial charge in [0.25, 0.3) is 11.8 Å². The fourth-order valence-corrected chi connectivity index (χ4v) is 3.90. The maximum Gasteiger partial charge on any atom is 0.291 e. The normalized spacial score (nSPS) is 15.2. The molecule has 0 aliphatic carbocycles. The number of hydrogen-bond acceptors (Lipinski definition) is 8. The highest BCUT2D eigenvalue weighted by molar-refractivity contribution is 6.04. The summed E-state index contributed by atoms with van der Waals surface area (Å²) in [5.41, 5.74) is 0.520. The Labute approximate surface area is 206 Å². The lowest BCUT2D eigenvalue weighted by Gasteiger charge is -2.20. The summed E-state index contributed by atoms with van der Waals surface area (Å²) in [6.45, 7) is -0.196. The fraction of sp³-hybridized carbons (Fsp3) is 0.217. The number of halogens is 3. The molecule has 0 fully saturated rings. The molecule has 0 bridgehead atoms. The molecule has 2 aromatic carbocycles. The van der Waals surface area contributed by atoms with Crippen LogP contribution in [0.15, 0.2) is 30.6 Å². The maximum absolute atomic E-state index is 13.9. The smallest absolute Gasteiger partial charge is 0.291 e. The van der Waals surface area contributed by atoms with Gasteiger partial charge in [0.1, 0.15) is 48.0 Å². The van der Waals surface area contributed by atoms with E-state index in [-0.39, 0.29) is 18.3 Å². The molecular weight excluding hydrogens is 495 g/mol. The van der Waals surface area contributed by atoms with Crippen LogP contribution in [0.2, 0.25) is 0 Å². The number of rotatable bonds is 5. The predicted octanol–water partition coefficient (Wildman–Crippen LogP) is 1.92. The Morgan fingerprint density at radius 3 is 2.70 bits per heavy atom. The second-order valence-electron chi connectivity index (χ2n) is 8.08. The van der Waals surface area contributed by atoms with Crippen molar-refractivity contribution in [2.24, 2.45) is 0 Å². The topological polar surface area (TPSA) is 135 Å². The van der Waals surface area contributed by atoms with Gasteiger partial charge in [0.05, 0.1) is 23.7 Å². The third-order valence-electron chi connectivity index (χ3n) is 5.76. The molecule has 190 valence electrons. The van der Waals surface area contributed by atoms with E-state index >= 15 is 0 Å². The van der Waals surface area contributed by atoms with Gasteiger partial charge in [-0.25, -0.2) is 28.1 Å². The lowest BCUT2D eigenvalue weighted by atomic mass is 10.1. The van der Waals surface area contributed by atoms with Crippen LogP contribution < -0.4 is 19.7 Å². The molecule has 4 aromatic rings. The molecule has 0 radical (unpaired) electrons. The molecule has 2 N–H and O–H groups in total. The number of aromatic amines is 1. The summed E-state index contributed by atoms with van der Waals surface area (Å²) in [5.74, 6) is -4.26. The quantitative estimate of drug-likeness (QED) is 0.413.